The van der Waals surface area contributed by atoms with E-state index in [4.69, 9.17) is 15.9 Å². The number of aliphatic hydroxyl groups is 1. The fourth-order valence-corrected chi connectivity index (χ4v) is 1.77. The molecule has 0 unspecified atom stereocenters. The zero-order chi connectivity index (χ0) is 12.3. The van der Waals surface area contributed by atoms with Gasteiger partial charge in [0, 0.05) is 0 Å². The lowest BCUT2D eigenvalue weighted by molar-refractivity contribution is -0.140. The maximum Gasteiger partial charge on any atom is 0.328 e. The number of thiazole rings is 1. The predicted molar refractivity (Wildman–Crippen MR) is 57.2 cm³/mol. The van der Waals surface area contributed by atoms with E-state index in [0.29, 0.717) is 5.69 Å². The third-order valence-corrected chi connectivity index (χ3v) is 2.79. The van der Waals surface area contributed by atoms with E-state index in [1.165, 1.54) is 0 Å². The Hall–Kier alpha value is -1.67. The molecule has 0 bridgehead atoms. The van der Waals surface area contributed by atoms with Crippen LogP contribution in [0, 0.1) is 6.92 Å². The van der Waals surface area contributed by atoms with E-state index in [1.807, 2.05) is 0 Å². The fourth-order valence-electron chi connectivity index (χ4n) is 1.04. The summed E-state index contributed by atoms with van der Waals surface area (Å²) in [5.74, 6) is -1.90. The molecule has 1 aromatic heterocycles. The predicted octanol–water partition coefficient (Wildman–Crippen LogP) is -0.791. The standard InChI is InChI=1S/C8H11N3O4S/c1-3-5(16-8(9)10-3)6(13)11-4(2-12)7(14)15/h4,12H,2H2,1H3,(H2,9,10)(H,11,13)(H,14,15)/t4-/m1/s1. The number of nitrogens with one attached hydrogen (secondary N) is 1. The summed E-state index contributed by atoms with van der Waals surface area (Å²) < 4.78 is 0. The summed E-state index contributed by atoms with van der Waals surface area (Å²) in [7, 11) is 0. The molecule has 0 radical (unpaired) electrons. The van der Waals surface area contributed by atoms with Gasteiger partial charge in [0.25, 0.3) is 5.91 Å². The smallest absolute Gasteiger partial charge is 0.328 e. The lowest BCUT2D eigenvalue weighted by Crippen LogP contribution is -2.43. The molecule has 8 heteroatoms. The van der Waals surface area contributed by atoms with Crippen LogP contribution in [0.5, 0.6) is 0 Å². The minimum absolute atomic E-state index is 0.235. The summed E-state index contributed by atoms with van der Waals surface area (Å²) in [5.41, 5.74) is 5.83. The topological polar surface area (TPSA) is 126 Å². The van der Waals surface area contributed by atoms with Crippen molar-refractivity contribution < 1.29 is 19.8 Å². The summed E-state index contributed by atoms with van der Waals surface area (Å²) in [6.45, 7) is 0.922. The van der Waals surface area contributed by atoms with Gasteiger partial charge in [0.05, 0.1) is 12.3 Å². The molecule has 0 aliphatic heterocycles. The fraction of sp³-hybridized carbons (Fsp3) is 0.375. The third-order valence-electron chi connectivity index (χ3n) is 1.81. The molecule has 0 aromatic carbocycles. The van der Waals surface area contributed by atoms with E-state index in [-0.39, 0.29) is 10.0 Å². The van der Waals surface area contributed by atoms with Crippen LogP contribution in [0.3, 0.4) is 0 Å². The molecular formula is C8H11N3O4S. The molecule has 5 N–H and O–H groups in total. The average molecular weight is 245 g/mol. The van der Waals surface area contributed by atoms with Gasteiger partial charge in [0.15, 0.2) is 11.2 Å². The van der Waals surface area contributed by atoms with Crippen molar-refractivity contribution in [3.8, 4) is 0 Å². The number of hydrogen-bond donors (Lipinski definition) is 4. The second-order valence-corrected chi connectivity index (χ2v) is 4.04. The van der Waals surface area contributed by atoms with Gasteiger partial charge >= 0.3 is 5.97 Å². The summed E-state index contributed by atoms with van der Waals surface area (Å²) in [5, 5.41) is 19.8. The number of nitrogens with zero attached hydrogens (tertiary/aromatic N) is 1. The van der Waals surface area contributed by atoms with Crippen molar-refractivity contribution in [3.05, 3.63) is 10.6 Å². The zero-order valence-corrected chi connectivity index (χ0v) is 9.24. The van der Waals surface area contributed by atoms with Crippen LogP contribution in [0.15, 0.2) is 0 Å². The number of aliphatic hydroxyl groups excluding tert-OH is 1. The van der Waals surface area contributed by atoms with Crippen molar-refractivity contribution in [2.75, 3.05) is 12.3 Å². The normalized spacial score (nSPS) is 12.1. The van der Waals surface area contributed by atoms with Gasteiger partial charge < -0.3 is 21.3 Å². The molecule has 0 fully saturated rings. The molecule has 0 saturated carbocycles. The van der Waals surface area contributed by atoms with E-state index in [2.05, 4.69) is 10.3 Å². The summed E-state index contributed by atoms with van der Waals surface area (Å²) in [6.07, 6.45) is 0. The molecule has 1 amide bonds. The van der Waals surface area contributed by atoms with Crippen LogP contribution in [-0.2, 0) is 4.79 Å². The van der Waals surface area contributed by atoms with Crippen LogP contribution in [0.1, 0.15) is 15.4 Å². The van der Waals surface area contributed by atoms with Crippen molar-refractivity contribution in [1.29, 1.82) is 0 Å². The van der Waals surface area contributed by atoms with E-state index in [0.717, 1.165) is 11.3 Å². The van der Waals surface area contributed by atoms with Gasteiger partial charge in [0.1, 0.15) is 4.88 Å². The molecule has 1 heterocycles. The van der Waals surface area contributed by atoms with Crippen LogP contribution in [0.2, 0.25) is 0 Å². The Morgan fingerprint density at radius 1 is 1.62 bits per heavy atom. The number of aliphatic carboxylic acids is 1. The number of carbonyl (C=O) groups is 2. The first-order valence-corrected chi connectivity index (χ1v) is 5.14. The quantitative estimate of drug-likeness (QED) is 0.550. The number of hydrogen-bond acceptors (Lipinski definition) is 6. The highest BCUT2D eigenvalue weighted by Gasteiger charge is 2.22. The van der Waals surface area contributed by atoms with E-state index in [9.17, 15) is 9.59 Å². The maximum atomic E-state index is 11.6. The lowest BCUT2D eigenvalue weighted by Gasteiger charge is -2.10. The highest BCUT2D eigenvalue weighted by atomic mass is 32.1. The molecule has 0 spiro atoms. The zero-order valence-electron chi connectivity index (χ0n) is 8.43. The van der Waals surface area contributed by atoms with Gasteiger partial charge in [-0.15, -0.1) is 0 Å². The Balaban J connectivity index is 2.79. The van der Waals surface area contributed by atoms with Crippen LogP contribution < -0.4 is 11.1 Å². The number of aryl methyl sites for hydroxylation is 1. The second kappa shape index (κ2) is 4.90. The van der Waals surface area contributed by atoms with Crippen molar-refractivity contribution in [3.63, 3.8) is 0 Å². The number of aromatic nitrogens is 1. The summed E-state index contributed by atoms with van der Waals surface area (Å²) in [4.78, 5) is 26.2. The molecular weight excluding hydrogens is 234 g/mol. The molecule has 1 aromatic rings. The number of carboxylic acids is 1. The molecule has 1 atom stereocenters. The number of carbonyl (C=O) groups excluding carboxylic acids is 1. The average Bonchev–Trinajstić information content (AvgIpc) is 2.53. The van der Waals surface area contributed by atoms with Crippen LogP contribution in [0.25, 0.3) is 0 Å². The lowest BCUT2D eigenvalue weighted by atomic mass is 10.3. The van der Waals surface area contributed by atoms with Gasteiger partial charge in [0.2, 0.25) is 0 Å². The Morgan fingerprint density at radius 3 is 2.62 bits per heavy atom. The number of anilines is 1. The van der Waals surface area contributed by atoms with Gasteiger partial charge in [-0.05, 0) is 6.92 Å². The van der Waals surface area contributed by atoms with Crippen LogP contribution in [-0.4, -0.2) is 39.7 Å². The molecule has 7 nitrogen and oxygen atoms in total. The number of carboxylic acid groups (broad SMARTS) is 1. The molecule has 16 heavy (non-hydrogen) atoms. The SMILES string of the molecule is Cc1nc(N)sc1C(=O)N[C@H](CO)C(=O)O. The van der Waals surface area contributed by atoms with Crippen LogP contribution in [0.4, 0.5) is 5.13 Å². The van der Waals surface area contributed by atoms with Crippen molar-refractivity contribution in [2.24, 2.45) is 0 Å². The minimum atomic E-state index is -1.32. The first kappa shape index (κ1) is 12.4. The van der Waals surface area contributed by atoms with Gasteiger partial charge in [-0.1, -0.05) is 11.3 Å². The summed E-state index contributed by atoms with van der Waals surface area (Å²) in [6, 6.07) is -1.32. The first-order chi connectivity index (χ1) is 7.45. The third kappa shape index (κ3) is 2.67. The minimum Gasteiger partial charge on any atom is -0.480 e. The monoisotopic (exact) mass is 245 g/mol. The van der Waals surface area contributed by atoms with E-state index < -0.39 is 24.5 Å². The van der Waals surface area contributed by atoms with Gasteiger partial charge in [-0.3, -0.25) is 4.79 Å². The molecule has 0 aliphatic carbocycles. The van der Waals surface area contributed by atoms with Crippen molar-refractivity contribution in [1.82, 2.24) is 10.3 Å². The molecule has 0 saturated heterocycles. The van der Waals surface area contributed by atoms with E-state index in [1.54, 1.807) is 6.92 Å². The van der Waals surface area contributed by atoms with Gasteiger partial charge in [-0.25, -0.2) is 9.78 Å². The number of rotatable bonds is 4. The first-order valence-electron chi connectivity index (χ1n) is 4.33. The Kier molecular flexibility index (Phi) is 3.80. The van der Waals surface area contributed by atoms with Crippen molar-refractivity contribution in [2.45, 2.75) is 13.0 Å². The maximum absolute atomic E-state index is 11.6. The number of amides is 1. The van der Waals surface area contributed by atoms with Crippen molar-refractivity contribution >= 4 is 28.3 Å². The highest BCUT2D eigenvalue weighted by Crippen LogP contribution is 2.19. The highest BCUT2D eigenvalue weighted by molar-refractivity contribution is 7.17. The summed E-state index contributed by atoms with van der Waals surface area (Å²) >= 11 is 0.967. The Bertz CT molecular complexity index is 417. The molecule has 0 aliphatic rings. The molecule has 88 valence electrons. The Labute approximate surface area is 94.9 Å². The van der Waals surface area contributed by atoms with Crippen LogP contribution >= 0.6 is 11.3 Å². The molecule has 1 rings (SSSR count). The number of nitrogen functional groups attached to an aromatic ring is 1. The largest absolute Gasteiger partial charge is 0.480 e. The van der Waals surface area contributed by atoms with Gasteiger partial charge in [-0.2, -0.15) is 0 Å². The number of nitrogens with two attached hydrogens (primary N) is 1. The Morgan fingerprint density at radius 2 is 2.25 bits per heavy atom. The second-order valence-electron chi connectivity index (χ2n) is 3.01. The van der Waals surface area contributed by atoms with E-state index >= 15 is 0 Å².